The summed E-state index contributed by atoms with van der Waals surface area (Å²) in [6, 6.07) is 9.57. The second-order valence-electron chi connectivity index (χ2n) is 7.55. The molecule has 8 heteroatoms. The molecular weight excluding hydrogens is 377 g/mol. The summed E-state index contributed by atoms with van der Waals surface area (Å²) in [7, 11) is 0. The summed E-state index contributed by atoms with van der Waals surface area (Å²) >= 11 is 0. The van der Waals surface area contributed by atoms with Crippen LogP contribution in [0.3, 0.4) is 0 Å². The van der Waals surface area contributed by atoms with Crippen molar-refractivity contribution in [2.75, 3.05) is 6.61 Å². The van der Waals surface area contributed by atoms with Gasteiger partial charge in [-0.2, -0.15) is 0 Å². The molecule has 2 aliphatic heterocycles. The number of nitrogens with zero attached hydrogens (tertiary/aromatic N) is 2. The Hall–Kier alpha value is -3.00. The number of halogens is 1. The third-order valence-corrected chi connectivity index (χ3v) is 5.97. The highest BCUT2D eigenvalue weighted by molar-refractivity contribution is 5.83. The van der Waals surface area contributed by atoms with Crippen LogP contribution < -0.4 is 10.9 Å². The minimum atomic E-state index is -0.690. The summed E-state index contributed by atoms with van der Waals surface area (Å²) in [5, 5.41) is 12.9. The fraction of sp³-hybridized carbons (Fsp3) is 0.381. The number of aliphatic hydroxyl groups is 1. The highest BCUT2D eigenvalue weighted by Crippen LogP contribution is 2.48. The standard InChI is InChI=1S/C21H22FN3O4/c1-12(27)25-17-10-24-16(3-2-4-18(24)28)20(25)19(15(17)11-26)21(29)23-9-13-5-7-14(22)8-6-13/h2-8,15,17,19-20,26H,9-11H2,1H3,(H,23,29)/t15-,17-,19+,20+/m1/s1. The van der Waals surface area contributed by atoms with Crippen LogP contribution in [0.2, 0.25) is 0 Å². The molecule has 2 N–H and O–H groups in total. The first kappa shape index (κ1) is 19.3. The van der Waals surface area contributed by atoms with E-state index in [1.54, 1.807) is 33.7 Å². The maximum atomic E-state index is 13.1. The van der Waals surface area contributed by atoms with Crippen LogP contribution in [-0.4, -0.2) is 39.0 Å². The predicted molar refractivity (Wildman–Crippen MR) is 102 cm³/mol. The van der Waals surface area contributed by atoms with Gasteiger partial charge in [0, 0.05) is 44.3 Å². The number of carbonyl (C=O) groups is 2. The Bertz CT molecular complexity index is 1000. The fourth-order valence-electron chi connectivity index (χ4n) is 4.70. The van der Waals surface area contributed by atoms with Crippen molar-refractivity contribution in [3.8, 4) is 0 Å². The molecule has 1 fully saturated rings. The zero-order valence-corrected chi connectivity index (χ0v) is 15.9. The number of rotatable bonds is 4. The first-order chi connectivity index (χ1) is 13.9. The lowest BCUT2D eigenvalue weighted by Crippen LogP contribution is -2.48. The van der Waals surface area contributed by atoms with Gasteiger partial charge in [0.25, 0.3) is 5.56 Å². The normalized spacial score (nSPS) is 24.9. The maximum Gasteiger partial charge on any atom is 0.250 e. The number of aromatic nitrogens is 1. The molecular formula is C21H22FN3O4. The van der Waals surface area contributed by atoms with Gasteiger partial charge in [-0.05, 0) is 23.8 Å². The van der Waals surface area contributed by atoms with Gasteiger partial charge in [-0.3, -0.25) is 14.4 Å². The molecule has 0 aliphatic carbocycles. The van der Waals surface area contributed by atoms with E-state index in [0.29, 0.717) is 5.69 Å². The summed E-state index contributed by atoms with van der Waals surface area (Å²) in [5.41, 5.74) is 1.15. The first-order valence-corrected chi connectivity index (χ1v) is 9.54. The number of fused-ring (bicyclic) bond motifs is 4. The van der Waals surface area contributed by atoms with Gasteiger partial charge in [-0.1, -0.05) is 18.2 Å². The quantitative estimate of drug-likeness (QED) is 0.796. The number of amides is 2. The molecule has 0 saturated carbocycles. The molecule has 1 aromatic heterocycles. The van der Waals surface area contributed by atoms with Crippen LogP contribution >= 0.6 is 0 Å². The molecule has 0 radical (unpaired) electrons. The van der Waals surface area contributed by atoms with E-state index < -0.39 is 23.9 Å². The average molecular weight is 399 g/mol. The van der Waals surface area contributed by atoms with E-state index >= 15 is 0 Å². The van der Waals surface area contributed by atoms with Crippen molar-refractivity contribution in [2.24, 2.45) is 11.8 Å². The van der Waals surface area contributed by atoms with Crippen LogP contribution in [0.1, 0.15) is 24.2 Å². The third-order valence-electron chi connectivity index (χ3n) is 5.97. The van der Waals surface area contributed by atoms with E-state index in [0.717, 1.165) is 5.56 Å². The van der Waals surface area contributed by atoms with E-state index in [4.69, 9.17) is 0 Å². The van der Waals surface area contributed by atoms with Crippen molar-refractivity contribution in [3.05, 3.63) is 69.9 Å². The Morgan fingerprint density at radius 1 is 1.21 bits per heavy atom. The van der Waals surface area contributed by atoms with Crippen molar-refractivity contribution >= 4 is 11.8 Å². The van der Waals surface area contributed by atoms with Gasteiger partial charge < -0.3 is 19.9 Å². The zero-order chi connectivity index (χ0) is 20.7. The maximum absolute atomic E-state index is 13.1. The number of hydrogen-bond acceptors (Lipinski definition) is 4. The molecule has 2 aliphatic rings. The molecule has 29 heavy (non-hydrogen) atoms. The van der Waals surface area contributed by atoms with Crippen molar-refractivity contribution in [2.45, 2.75) is 32.1 Å². The third kappa shape index (κ3) is 3.23. The van der Waals surface area contributed by atoms with Crippen LogP contribution in [0.15, 0.2) is 47.3 Å². The topological polar surface area (TPSA) is 91.6 Å². The Balaban J connectivity index is 1.67. The van der Waals surface area contributed by atoms with Gasteiger partial charge in [0.05, 0.1) is 18.0 Å². The molecule has 4 atom stereocenters. The number of carbonyl (C=O) groups excluding carboxylic acids is 2. The van der Waals surface area contributed by atoms with Gasteiger partial charge >= 0.3 is 0 Å². The molecule has 1 saturated heterocycles. The molecule has 2 aromatic rings. The largest absolute Gasteiger partial charge is 0.396 e. The Morgan fingerprint density at radius 2 is 1.93 bits per heavy atom. The average Bonchev–Trinajstić information content (AvgIpc) is 2.95. The van der Waals surface area contributed by atoms with Crippen molar-refractivity contribution in [3.63, 3.8) is 0 Å². The lowest BCUT2D eigenvalue weighted by atomic mass is 9.86. The van der Waals surface area contributed by atoms with Crippen LogP contribution in [0, 0.1) is 17.7 Å². The van der Waals surface area contributed by atoms with E-state index in [2.05, 4.69) is 5.32 Å². The second-order valence-corrected chi connectivity index (χ2v) is 7.55. The molecule has 7 nitrogen and oxygen atoms in total. The summed E-state index contributed by atoms with van der Waals surface area (Å²) in [6.45, 7) is 1.61. The minimum absolute atomic E-state index is 0.190. The summed E-state index contributed by atoms with van der Waals surface area (Å²) in [4.78, 5) is 39.5. The Labute approximate surface area is 166 Å². The Morgan fingerprint density at radius 3 is 2.59 bits per heavy atom. The van der Waals surface area contributed by atoms with Crippen LogP contribution in [0.5, 0.6) is 0 Å². The molecule has 2 bridgehead atoms. The van der Waals surface area contributed by atoms with E-state index in [-0.39, 0.29) is 42.9 Å². The highest BCUT2D eigenvalue weighted by atomic mass is 19.1. The van der Waals surface area contributed by atoms with Gasteiger partial charge in [0.15, 0.2) is 0 Å². The van der Waals surface area contributed by atoms with Crippen molar-refractivity contribution in [1.82, 2.24) is 14.8 Å². The molecule has 152 valence electrons. The molecule has 3 heterocycles. The number of aliphatic hydroxyl groups excluding tert-OH is 1. The molecule has 2 amide bonds. The SMILES string of the molecule is CC(=O)N1[C@@H]2Cn3c(cccc3=O)[C@H]1[C@@H](C(=O)NCc1ccc(F)cc1)[C@@H]2CO. The van der Waals surface area contributed by atoms with E-state index in [1.807, 2.05) is 0 Å². The molecule has 0 unspecified atom stereocenters. The van der Waals surface area contributed by atoms with Crippen molar-refractivity contribution in [1.29, 1.82) is 0 Å². The Kier molecular flexibility index (Phi) is 4.96. The highest BCUT2D eigenvalue weighted by Gasteiger charge is 2.56. The van der Waals surface area contributed by atoms with E-state index in [1.165, 1.54) is 25.1 Å². The summed E-state index contributed by atoms with van der Waals surface area (Å²) < 4.78 is 14.7. The summed E-state index contributed by atoms with van der Waals surface area (Å²) in [5.74, 6) is -2.04. The zero-order valence-electron chi connectivity index (χ0n) is 15.9. The van der Waals surface area contributed by atoms with Crippen LogP contribution in [-0.2, 0) is 22.7 Å². The summed E-state index contributed by atoms with van der Waals surface area (Å²) in [6.07, 6.45) is 0. The predicted octanol–water partition coefficient (Wildman–Crippen LogP) is 0.814. The minimum Gasteiger partial charge on any atom is -0.396 e. The van der Waals surface area contributed by atoms with Gasteiger partial charge in [0.1, 0.15) is 5.82 Å². The van der Waals surface area contributed by atoms with Gasteiger partial charge in [-0.25, -0.2) is 4.39 Å². The van der Waals surface area contributed by atoms with Gasteiger partial charge in [-0.15, -0.1) is 0 Å². The molecule has 1 aromatic carbocycles. The first-order valence-electron chi connectivity index (χ1n) is 9.54. The smallest absolute Gasteiger partial charge is 0.250 e. The van der Waals surface area contributed by atoms with Gasteiger partial charge in [0.2, 0.25) is 11.8 Å². The molecule has 4 rings (SSSR count). The van der Waals surface area contributed by atoms with Crippen molar-refractivity contribution < 1.29 is 19.1 Å². The lowest BCUT2D eigenvalue weighted by Gasteiger charge is -2.37. The number of pyridine rings is 1. The number of benzene rings is 1. The second kappa shape index (κ2) is 7.44. The lowest BCUT2D eigenvalue weighted by molar-refractivity contribution is -0.134. The van der Waals surface area contributed by atoms with Crippen LogP contribution in [0.4, 0.5) is 4.39 Å². The monoisotopic (exact) mass is 399 g/mol. The number of hydrogen-bond donors (Lipinski definition) is 2. The van der Waals surface area contributed by atoms with Crippen LogP contribution in [0.25, 0.3) is 0 Å². The molecule has 0 spiro atoms. The van der Waals surface area contributed by atoms with E-state index in [9.17, 15) is 23.9 Å². The fourth-order valence-corrected chi connectivity index (χ4v) is 4.70. The number of nitrogens with one attached hydrogen (secondary N) is 1.